The highest BCUT2D eigenvalue weighted by Crippen LogP contribution is 2.24. The number of hydrogen-bond acceptors (Lipinski definition) is 8. The maximum absolute atomic E-state index is 12.3. The number of fused-ring (bicyclic) bond motifs is 1. The van der Waals surface area contributed by atoms with E-state index in [2.05, 4.69) is 25.4 Å². The fraction of sp³-hybridized carbons (Fsp3) is 0.125. The molecule has 0 aliphatic rings. The first-order valence-corrected chi connectivity index (χ1v) is 10.5. The Labute approximate surface area is 194 Å². The van der Waals surface area contributed by atoms with Gasteiger partial charge in [0, 0.05) is 11.4 Å². The first kappa shape index (κ1) is 21.0. The average molecular weight is 449 g/mol. The van der Waals surface area contributed by atoms with Crippen LogP contribution in [0.4, 0.5) is 11.5 Å². The van der Waals surface area contributed by atoms with Crippen molar-refractivity contribution in [2.24, 2.45) is 0 Å². The fourth-order valence-electron chi connectivity index (χ4n) is 3.63. The summed E-state index contributed by atoms with van der Waals surface area (Å²) in [5.41, 5.74) is 4.63. The zero-order valence-electron chi connectivity index (χ0n) is 18.7. The van der Waals surface area contributed by atoms with Gasteiger partial charge in [-0.25, -0.2) is 19.6 Å². The summed E-state index contributed by atoms with van der Waals surface area (Å²) in [4.78, 5) is 30.1. The van der Waals surface area contributed by atoms with E-state index in [4.69, 9.17) is 4.98 Å². The Morgan fingerprint density at radius 1 is 1.06 bits per heavy atom. The van der Waals surface area contributed by atoms with Gasteiger partial charge in [-0.05, 0) is 57.2 Å². The van der Waals surface area contributed by atoms with Crippen LogP contribution in [-0.2, 0) is 0 Å². The number of pyridine rings is 1. The number of nitriles is 1. The number of Topliss-reactive ketones (excluding diaryl/α,β-unsaturated/α-hetero) is 1. The molecule has 0 amide bonds. The quantitative estimate of drug-likeness (QED) is 0.401. The Hall–Kier alpha value is -4.91. The molecule has 1 N–H and O–H groups in total. The molecule has 0 aliphatic heterocycles. The van der Waals surface area contributed by atoms with E-state index < -0.39 is 0 Å². The molecule has 5 aromatic rings. The molecule has 0 spiro atoms. The Balaban J connectivity index is 1.55. The summed E-state index contributed by atoms with van der Waals surface area (Å²) in [6.07, 6.45) is 5.05. The molecule has 0 radical (unpaired) electrons. The molecule has 0 unspecified atom stereocenters. The van der Waals surface area contributed by atoms with Gasteiger partial charge in [0.1, 0.15) is 24.0 Å². The molecule has 0 saturated carbocycles. The molecular formula is C24H19N9O. The van der Waals surface area contributed by atoms with E-state index in [0.29, 0.717) is 28.7 Å². The molecule has 4 heterocycles. The molecule has 0 atom stereocenters. The van der Waals surface area contributed by atoms with Crippen molar-refractivity contribution in [1.29, 1.82) is 5.26 Å². The van der Waals surface area contributed by atoms with E-state index in [1.807, 2.05) is 42.7 Å². The summed E-state index contributed by atoms with van der Waals surface area (Å²) in [5, 5.41) is 16.7. The van der Waals surface area contributed by atoms with Crippen LogP contribution in [0.15, 0.2) is 55.1 Å². The van der Waals surface area contributed by atoms with E-state index in [1.165, 1.54) is 11.6 Å². The number of ketones is 1. The van der Waals surface area contributed by atoms with Crippen molar-refractivity contribution in [2.45, 2.75) is 20.8 Å². The van der Waals surface area contributed by atoms with E-state index in [-0.39, 0.29) is 11.5 Å². The highest BCUT2D eigenvalue weighted by atomic mass is 16.1. The van der Waals surface area contributed by atoms with Gasteiger partial charge in [-0.2, -0.15) is 10.4 Å². The number of hydrogen-bond donors (Lipinski definition) is 1. The lowest BCUT2D eigenvalue weighted by molar-refractivity contribution is 0.101. The van der Waals surface area contributed by atoms with Crippen LogP contribution in [0.5, 0.6) is 0 Å². The van der Waals surface area contributed by atoms with E-state index in [9.17, 15) is 10.1 Å². The van der Waals surface area contributed by atoms with Crippen molar-refractivity contribution in [3.8, 4) is 17.7 Å². The van der Waals surface area contributed by atoms with E-state index >= 15 is 0 Å². The Morgan fingerprint density at radius 2 is 1.91 bits per heavy atom. The summed E-state index contributed by atoms with van der Waals surface area (Å²) >= 11 is 0. The topological polar surface area (TPSA) is 127 Å². The number of imidazole rings is 1. The molecule has 1 aromatic carbocycles. The SMILES string of the molecule is CC(=O)c1ccc(-n2cnc3cc(Nc4cnc(C)cn4)ccc32)nc1-n1nc(C#N)cc1C. The number of carbonyl (C=O) groups is 1. The summed E-state index contributed by atoms with van der Waals surface area (Å²) in [5.74, 6) is 1.43. The minimum Gasteiger partial charge on any atom is -0.339 e. The van der Waals surface area contributed by atoms with Crippen LogP contribution in [0.25, 0.3) is 22.7 Å². The Morgan fingerprint density at radius 3 is 2.62 bits per heavy atom. The van der Waals surface area contributed by atoms with Gasteiger partial charge in [0.2, 0.25) is 0 Å². The van der Waals surface area contributed by atoms with Crippen LogP contribution < -0.4 is 5.32 Å². The van der Waals surface area contributed by atoms with Crippen molar-refractivity contribution in [1.82, 2.24) is 34.3 Å². The van der Waals surface area contributed by atoms with Gasteiger partial charge in [0.05, 0.1) is 34.7 Å². The van der Waals surface area contributed by atoms with Gasteiger partial charge in [0.25, 0.3) is 0 Å². The lowest BCUT2D eigenvalue weighted by atomic mass is 10.2. The minimum absolute atomic E-state index is 0.145. The lowest BCUT2D eigenvalue weighted by Crippen LogP contribution is -2.11. The van der Waals surface area contributed by atoms with Crippen molar-refractivity contribution < 1.29 is 4.79 Å². The number of rotatable bonds is 5. The standard InChI is InChI=1S/C24H19N9O/c1-14-11-27-22(12-26-14)29-17-4-6-21-20(9-17)28-13-32(21)23-7-5-19(16(3)34)24(30-23)33-15(2)8-18(10-25)31-33/h4-9,11-13H,1-3H3,(H,27,29). The molecule has 34 heavy (non-hydrogen) atoms. The summed E-state index contributed by atoms with van der Waals surface area (Å²) in [6.45, 7) is 5.17. The second kappa shape index (κ2) is 8.22. The summed E-state index contributed by atoms with van der Waals surface area (Å²) in [7, 11) is 0. The van der Waals surface area contributed by atoms with Crippen molar-refractivity contribution in [2.75, 3.05) is 5.32 Å². The third-order valence-electron chi connectivity index (χ3n) is 5.29. The average Bonchev–Trinajstić information content (AvgIpc) is 3.43. The third-order valence-corrected chi connectivity index (χ3v) is 5.29. The number of benzene rings is 1. The Bertz CT molecular complexity index is 1590. The van der Waals surface area contributed by atoms with Crippen molar-refractivity contribution in [3.63, 3.8) is 0 Å². The number of anilines is 2. The summed E-state index contributed by atoms with van der Waals surface area (Å²) < 4.78 is 3.35. The van der Waals surface area contributed by atoms with E-state index in [1.54, 1.807) is 36.9 Å². The predicted octanol–water partition coefficient (Wildman–Crippen LogP) is 3.83. The molecule has 5 rings (SSSR count). The maximum atomic E-state index is 12.3. The molecule has 4 aromatic heterocycles. The second-order valence-electron chi connectivity index (χ2n) is 7.78. The zero-order valence-corrected chi connectivity index (χ0v) is 18.7. The van der Waals surface area contributed by atoms with Gasteiger partial charge in [-0.3, -0.25) is 14.3 Å². The van der Waals surface area contributed by atoms with Gasteiger partial charge in [-0.1, -0.05) is 0 Å². The van der Waals surface area contributed by atoms with Crippen LogP contribution in [0.1, 0.15) is 34.4 Å². The molecule has 10 nitrogen and oxygen atoms in total. The van der Waals surface area contributed by atoms with Crippen LogP contribution in [0, 0.1) is 25.2 Å². The van der Waals surface area contributed by atoms with E-state index in [0.717, 1.165) is 22.4 Å². The number of nitrogens with zero attached hydrogens (tertiary/aromatic N) is 8. The largest absolute Gasteiger partial charge is 0.339 e. The van der Waals surface area contributed by atoms with Gasteiger partial charge in [0.15, 0.2) is 17.3 Å². The molecule has 0 saturated heterocycles. The molecule has 0 fully saturated rings. The van der Waals surface area contributed by atoms with Crippen LogP contribution in [0.3, 0.4) is 0 Å². The molecule has 166 valence electrons. The van der Waals surface area contributed by atoms with Crippen LogP contribution in [-0.4, -0.2) is 40.1 Å². The number of carbonyl (C=O) groups excluding carboxylic acids is 1. The van der Waals surface area contributed by atoms with Crippen molar-refractivity contribution >= 4 is 28.3 Å². The van der Waals surface area contributed by atoms with Gasteiger partial charge >= 0.3 is 0 Å². The zero-order chi connectivity index (χ0) is 23.8. The molecule has 10 heteroatoms. The van der Waals surface area contributed by atoms with Gasteiger partial charge in [-0.15, -0.1) is 0 Å². The molecule has 0 bridgehead atoms. The third kappa shape index (κ3) is 3.75. The Kier molecular flexibility index (Phi) is 5.07. The number of nitrogens with one attached hydrogen (secondary N) is 1. The highest BCUT2D eigenvalue weighted by molar-refractivity contribution is 5.97. The monoisotopic (exact) mass is 449 g/mol. The van der Waals surface area contributed by atoms with Crippen LogP contribution >= 0.6 is 0 Å². The normalized spacial score (nSPS) is 10.9. The molecule has 0 aliphatic carbocycles. The van der Waals surface area contributed by atoms with Crippen LogP contribution in [0.2, 0.25) is 0 Å². The minimum atomic E-state index is -0.145. The second-order valence-corrected chi connectivity index (χ2v) is 7.78. The molecular weight excluding hydrogens is 430 g/mol. The first-order valence-electron chi connectivity index (χ1n) is 10.5. The fourth-order valence-corrected chi connectivity index (χ4v) is 3.63. The maximum Gasteiger partial charge on any atom is 0.166 e. The first-order chi connectivity index (χ1) is 16.4. The summed E-state index contributed by atoms with van der Waals surface area (Å²) in [6, 6.07) is 12.9. The van der Waals surface area contributed by atoms with Gasteiger partial charge < -0.3 is 5.32 Å². The number of aryl methyl sites for hydroxylation is 2. The van der Waals surface area contributed by atoms with Crippen molar-refractivity contribution in [3.05, 3.63) is 77.8 Å². The number of aromatic nitrogens is 7. The highest BCUT2D eigenvalue weighted by Gasteiger charge is 2.17. The lowest BCUT2D eigenvalue weighted by Gasteiger charge is -2.11. The predicted molar refractivity (Wildman–Crippen MR) is 125 cm³/mol. The smallest absolute Gasteiger partial charge is 0.166 e.